The summed E-state index contributed by atoms with van der Waals surface area (Å²) >= 11 is 0. The number of aryl methyl sites for hydroxylation is 2. The van der Waals surface area contributed by atoms with E-state index in [0.29, 0.717) is 29.7 Å². The molecule has 0 saturated carbocycles. The number of hydrogen-bond donors (Lipinski definition) is 0. The number of methoxy groups -OCH3 is 1. The van der Waals surface area contributed by atoms with Crippen molar-refractivity contribution in [3.63, 3.8) is 0 Å². The van der Waals surface area contributed by atoms with E-state index in [2.05, 4.69) is 4.98 Å². The molecule has 1 saturated heterocycles. The second-order valence-corrected chi connectivity index (χ2v) is 5.77. The average Bonchev–Trinajstić information content (AvgIpc) is 2.88. The van der Waals surface area contributed by atoms with E-state index in [1.165, 1.54) is 6.42 Å². The molecule has 1 aromatic heterocycles. The van der Waals surface area contributed by atoms with E-state index in [1.807, 2.05) is 18.7 Å². The van der Waals surface area contributed by atoms with Crippen molar-refractivity contribution in [3.05, 3.63) is 17.3 Å². The van der Waals surface area contributed by atoms with Gasteiger partial charge in [0.25, 0.3) is 5.91 Å². The van der Waals surface area contributed by atoms with Crippen LogP contribution in [-0.2, 0) is 11.2 Å². The molecule has 1 aliphatic rings. The molecule has 1 aromatic rings. The smallest absolute Gasteiger partial charge is 0.291 e. The number of rotatable bonds is 6. The van der Waals surface area contributed by atoms with Crippen LogP contribution >= 0.6 is 0 Å². The van der Waals surface area contributed by atoms with E-state index in [0.717, 1.165) is 39.0 Å². The van der Waals surface area contributed by atoms with Gasteiger partial charge >= 0.3 is 0 Å². The molecule has 2 heterocycles. The number of nitrogens with zero attached hydrogens (tertiary/aromatic N) is 2. The standard InChI is InChI=1S/C16H26N2O3/c1-4-14-17-12(2)15(21-14)16(19)18-9-5-7-13(11-18)8-6-10-20-3/h13H,4-11H2,1-3H3/t13-/m1/s1. The first-order valence-corrected chi connectivity index (χ1v) is 7.90. The van der Waals surface area contributed by atoms with E-state index in [4.69, 9.17) is 9.15 Å². The summed E-state index contributed by atoms with van der Waals surface area (Å²) in [5.74, 6) is 1.64. The zero-order valence-electron chi connectivity index (χ0n) is 13.4. The summed E-state index contributed by atoms with van der Waals surface area (Å²) in [5, 5.41) is 0. The van der Waals surface area contributed by atoms with E-state index in [1.54, 1.807) is 7.11 Å². The van der Waals surface area contributed by atoms with Crippen molar-refractivity contribution < 1.29 is 13.9 Å². The zero-order chi connectivity index (χ0) is 15.2. The molecule has 1 fully saturated rings. The minimum atomic E-state index is -0.00357. The van der Waals surface area contributed by atoms with Crippen LogP contribution in [0.4, 0.5) is 0 Å². The predicted molar refractivity (Wildman–Crippen MR) is 80.4 cm³/mol. The fourth-order valence-corrected chi connectivity index (χ4v) is 2.95. The van der Waals surface area contributed by atoms with Crippen LogP contribution in [0, 0.1) is 12.8 Å². The zero-order valence-corrected chi connectivity index (χ0v) is 13.4. The van der Waals surface area contributed by atoms with Crippen LogP contribution in [0.25, 0.3) is 0 Å². The minimum absolute atomic E-state index is 0.00357. The Labute approximate surface area is 126 Å². The number of likely N-dealkylation sites (tertiary alicyclic amines) is 1. The summed E-state index contributed by atoms with van der Waals surface area (Å²) in [5.41, 5.74) is 0.707. The molecule has 0 N–H and O–H groups in total. The molecular formula is C16H26N2O3. The van der Waals surface area contributed by atoms with Crippen LogP contribution < -0.4 is 0 Å². The molecule has 5 heteroatoms. The fourth-order valence-electron chi connectivity index (χ4n) is 2.95. The lowest BCUT2D eigenvalue weighted by Crippen LogP contribution is -2.40. The summed E-state index contributed by atoms with van der Waals surface area (Å²) in [6, 6.07) is 0. The molecule has 0 unspecified atom stereocenters. The van der Waals surface area contributed by atoms with Gasteiger partial charge in [-0.05, 0) is 38.5 Å². The molecule has 0 aromatic carbocycles. The van der Waals surface area contributed by atoms with Gasteiger partial charge in [0.15, 0.2) is 5.89 Å². The normalized spacial score (nSPS) is 19.0. The molecule has 0 radical (unpaired) electrons. The first-order chi connectivity index (χ1) is 10.2. The summed E-state index contributed by atoms with van der Waals surface area (Å²) in [7, 11) is 1.73. The highest BCUT2D eigenvalue weighted by atomic mass is 16.5. The van der Waals surface area contributed by atoms with E-state index in [9.17, 15) is 4.79 Å². The van der Waals surface area contributed by atoms with Gasteiger partial charge in [0.2, 0.25) is 5.76 Å². The summed E-state index contributed by atoms with van der Waals surface area (Å²) < 4.78 is 10.7. The highest BCUT2D eigenvalue weighted by Gasteiger charge is 2.27. The summed E-state index contributed by atoms with van der Waals surface area (Å²) in [6.07, 6.45) is 5.16. The van der Waals surface area contributed by atoms with Crippen LogP contribution in [0.1, 0.15) is 54.7 Å². The Balaban J connectivity index is 1.96. The third kappa shape index (κ3) is 4.06. The van der Waals surface area contributed by atoms with Gasteiger partial charge in [-0.2, -0.15) is 0 Å². The number of aromatic nitrogens is 1. The topological polar surface area (TPSA) is 55.6 Å². The van der Waals surface area contributed by atoms with Crippen molar-refractivity contribution in [2.24, 2.45) is 5.92 Å². The van der Waals surface area contributed by atoms with E-state index in [-0.39, 0.29) is 5.91 Å². The first-order valence-electron chi connectivity index (χ1n) is 7.90. The Kier molecular flexibility index (Phi) is 5.79. The number of oxazole rings is 1. The van der Waals surface area contributed by atoms with Gasteiger partial charge in [-0.3, -0.25) is 4.79 Å². The Morgan fingerprint density at radius 2 is 2.33 bits per heavy atom. The molecular weight excluding hydrogens is 268 g/mol. The van der Waals surface area contributed by atoms with Gasteiger partial charge in [0.05, 0.1) is 5.69 Å². The lowest BCUT2D eigenvalue weighted by molar-refractivity contribution is 0.0626. The van der Waals surface area contributed by atoms with Gasteiger partial charge < -0.3 is 14.1 Å². The van der Waals surface area contributed by atoms with E-state index < -0.39 is 0 Å². The average molecular weight is 294 g/mol. The predicted octanol–water partition coefficient (Wildman–Crippen LogP) is 2.82. The Morgan fingerprint density at radius 3 is 3.00 bits per heavy atom. The summed E-state index contributed by atoms with van der Waals surface area (Å²) in [6.45, 7) is 6.26. The SMILES string of the molecule is CCc1nc(C)c(C(=O)N2CCC[C@H](CCCOC)C2)o1. The van der Waals surface area contributed by atoms with Gasteiger partial charge in [-0.25, -0.2) is 4.98 Å². The van der Waals surface area contributed by atoms with Gasteiger partial charge in [0, 0.05) is 33.2 Å². The minimum Gasteiger partial charge on any atom is -0.435 e. The van der Waals surface area contributed by atoms with Crippen molar-refractivity contribution in [1.82, 2.24) is 9.88 Å². The third-order valence-corrected chi connectivity index (χ3v) is 4.10. The number of piperidine rings is 1. The van der Waals surface area contributed by atoms with Gasteiger partial charge in [-0.15, -0.1) is 0 Å². The number of carbonyl (C=O) groups excluding carboxylic acids is 1. The monoisotopic (exact) mass is 294 g/mol. The largest absolute Gasteiger partial charge is 0.435 e. The van der Waals surface area contributed by atoms with Gasteiger partial charge in [-0.1, -0.05) is 6.92 Å². The molecule has 1 amide bonds. The highest BCUT2D eigenvalue weighted by molar-refractivity contribution is 5.92. The maximum absolute atomic E-state index is 12.6. The lowest BCUT2D eigenvalue weighted by atomic mass is 9.93. The number of amides is 1. The Bertz CT molecular complexity index is 470. The summed E-state index contributed by atoms with van der Waals surface area (Å²) in [4.78, 5) is 18.8. The number of hydrogen-bond acceptors (Lipinski definition) is 4. The molecule has 1 atom stereocenters. The molecule has 2 rings (SSSR count). The van der Waals surface area contributed by atoms with E-state index >= 15 is 0 Å². The fraction of sp³-hybridized carbons (Fsp3) is 0.750. The van der Waals surface area contributed by atoms with Crippen LogP contribution in [-0.4, -0.2) is 42.6 Å². The molecule has 0 bridgehead atoms. The second kappa shape index (κ2) is 7.59. The van der Waals surface area contributed by atoms with Crippen LogP contribution in [0.5, 0.6) is 0 Å². The Morgan fingerprint density at radius 1 is 1.52 bits per heavy atom. The maximum atomic E-state index is 12.6. The van der Waals surface area contributed by atoms with Crippen LogP contribution in [0.2, 0.25) is 0 Å². The molecule has 21 heavy (non-hydrogen) atoms. The lowest BCUT2D eigenvalue weighted by Gasteiger charge is -2.32. The van der Waals surface area contributed by atoms with Gasteiger partial charge in [0.1, 0.15) is 0 Å². The van der Waals surface area contributed by atoms with Crippen molar-refractivity contribution in [2.75, 3.05) is 26.8 Å². The third-order valence-electron chi connectivity index (χ3n) is 4.10. The number of carbonyl (C=O) groups is 1. The van der Waals surface area contributed by atoms with Crippen molar-refractivity contribution in [1.29, 1.82) is 0 Å². The highest BCUT2D eigenvalue weighted by Crippen LogP contribution is 2.23. The first kappa shape index (κ1) is 16.0. The van der Waals surface area contributed by atoms with Crippen LogP contribution in [0.15, 0.2) is 4.42 Å². The van der Waals surface area contributed by atoms with Crippen molar-refractivity contribution in [3.8, 4) is 0 Å². The molecule has 1 aliphatic heterocycles. The molecule has 5 nitrogen and oxygen atoms in total. The van der Waals surface area contributed by atoms with Crippen molar-refractivity contribution >= 4 is 5.91 Å². The Hall–Kier alpha value is -1.36. The van der Waals surface area contributed by atoms with Crippen molar-refractivity contribution in [2.45, 2.75) is 46.0 Å². The number of ether oxygens (including phenoxy) is 1. The van der Waals surface area contributed by atoms with Crippen LogP contribution in [0.3, 0.4) is 0 Å². The second-order valence-electron chi connectivity index (χ2n) is 5.77. The molecule has 0 aliphatic carbocycles. The molecule has 0 spiro atoms. The molecule has 118 valence electrons. The quantitative estimate of drug-likeness (QED) is 0.757. The maximum Gasteiger partial charge on any atom is 0.291 e.